The van der Waals surface area contributed by atoms with E-state index in [1.165, 1.54) is 0 Å². The molecular formula is C18H21NO5. The maximum absolute atomic E-state index is 12.7. The Morgan fingerprint density at radius 3 is 2.88 bits per heavy atom. The third-order valence-corrected chi connectivity index (χ3v) is 6.81. The van der Waals surface area contributed by atoms with Crippen molar-refractivity contribution in [2.75, 3.05) is 14.2 Å². The Morgan fingerprint density at radius 1 is 1.42 bits per heavy atom. The molecule has 24 heavy (non-hydrogen) atoms. The van der Waals surface area contributed by atoms with E-state index in [0.29, 0.717) is 17.9 Å². The number of rotatable bonds is 1. The highest BCUT2D eigenvalue weighted by Crippen LogP contribution is 2.68. The highest BCUT2D eigenvalue weighted by Gasteiger charge is 2.83. The van der Waals surface area contributed by atoms with E-state index in [0.717, 1.165) is 11.1 Å². The molecule has 0 amide bonds. The zero-order valence-electron chi connectivity index (χ0n) is 13.9. The standard InChI is InChI=1S/C18H21NO5/c1-8-4-5-11(23-3)14-13(8)17-7-9-15(19(9)2)18(17,22)12(21)6-10(20)16(17)24-14/h4-5,9,12,15-16,21-22H,6-7H2,1-3H3/t9?,12?,15-,16?,17+,18-,19?/m1/s1. The van der Waals surface area contributed by atoms with Crippen molar-refractivity contribution in [3.8, 4) is 11.5 Å². The molecule has 2 saturated carbocycles. The normalized spacial score (nSPS) is 47.4. The summed E-state index contributed by atoms with van der Waals surface area (Å²) in [4.78, 5) is 14.8. The second-order valence-corrected chi connectivity index (χ2v) is 7.65. The van der Waals surface area contributed by atoms with Gasteiger partial charge >= 0.3 is 0 Å². The van der Waals surface area contributed by atoms with Gasteiger partial charge in [0, 0.05) is 18.0 Å². The van der Waals surface area contributed by atoms with E-state index in [2.05, 4.69) is 4.90 Å². The Labute approximate surface area is 140 Å². The molecule has 1 saturated heterocycles. The van der Waals surface area contributed by atoms with E-state index in [4.69, 9.17) is 9.47 Å². The Balaban J connectivity index is 1.81. The Bertz CT molecular complexity index is 779. The number of aliphatic hydroxyl groups is 2. The van der Waals surface area contributed by atoms with Gasteiger partial charge in [0.1, 0.15) is 5.60 Å². The van der Waals surface area contributed by atoms with Crippen LogP contribution >= 0.6 is 0 Å². The number of hydrogen-bond donors (Lipinski definition) is 2. The second-order valence-electron chi connectivity index (χ2n) is 7.65. The lowest BCUT2D eigenvalue weighted by atomic mass is 9.57. The number of nitrogens with zero attached hydrogens (tertiary/aromatic N) is 1. The van der Waals surface area contributed by atoms with E-state index >= 15 is 0 Å². The SMILES string of the molecule is COc1ccc(C)c2c1OC1C(=O)CC(O)[C@@]3(O)[C@H]4C(C[C@]213)N4C. The van der Waals surface area contributed by atoms with Gasteiger partial charge in [-0.3, -0.25) is 9.69 Å². The third-order valence-electron chi connectivity index (χ3n) is 6.81. The summed E-state index contributed by atoms with van der Waals surface area (Å²) in [5, 5.41) is 22.4. The van der Waals surface area contributed by atoms with Crippen molar-refractivity contribution in [2.45, 2.75) is 55.1 Å². The number of aliphatic hydroxyl groups excluding tert-OH is 1. The number of carbonyl (C=O) groups excluding carboxylic acids is 1. The zero-order chi connectivity index (χ0) is 17.0. The Hall–Kier alpha value is -1.63. The van der Waals surface area contributed by atoms with Crippen LogP contribution in [0.15, 0.2) is 12.1 Å². The van der Waals surface area contributed by atoms with Gasteiger partial charge in [0.15, 0.2) is 23.4 Å². The molecule has 2 aliphatic carbocycles. The van der Waals surface area contributed by atoms with Crippen molar-refractivity contribution in [3.05, 3.63) is 23.3 Å². The van der Waals surface area contributed by atoms with Crippen LogP contribution in [0.5, 0.6) is 11.5 Å². The number of ketones is 1. The number of Topliss-reactive ketones (excluding diaryl/α,β-unsaturated/α-hetero) is 1. The largest absolute Gasteiger partial charge is 0.493 e. The van der Waals surface area contributed by atoms with Crippen LogP contribution in [-0.2, 0) is 10.2 Å². The van der Waals surface area contributed by atoms with Crippen molar-refractivity contribution in [1.82, 2.24) is 4.90 Å². The molecule has 6 nitrogen and oxygen atoms in total. The smallest absolute Gasteiger partial charge is 0.177 e. The summed E-state index contributed by atoms with van der Waals surface area (Å²) in [5.74, 6) is 0.971. The molecule has 2 N–H and O–H groups in total. The molecule has 6 heteroatoms. The number of likely N-dealkylation sites (tertiary alicyclic amines) is 1. The third kappa shape index (κ3) is 1.28. The summed E-state index contributed by atoms with van der Waals surface area (Å²) in [6.45, 7) is 1.96. The number of hydrogen-bond acceptors (Lipinski definition) is 6. The second kappa shape index (κ2) is 4.12. The zero-order valence-corrected chi connectivity index (χ0v) is 13.9. The lowest BCUT2D eigenvalue weighted by molar-refractivity contribution is -0.179. The van der Waals surface area contributed by atoms with Crippen molar-refractivity contribution < 1.29 is 24.5 Å². The van der Waals surface area contributed by atoms with Gasteiger partial charge in [-0.05, 0) is 32.0 Å². The average Bonchev–Trinajstić information content (AvgIpc) is 2.92. The van der Waals surface area contributed by atoms with Gasteiger partial charge in [0.2, 0.25) is 0 Å². The van der Waals surface area contributed by atoms with Gasteiger partial charge < -0.3 is 19.7 Å². The fourth-order valence-electron chi connectivity index (χ4n) is 5.77. The minimum absolute atomic E-state index is 0.0741. The van der Waals surface area contributed by atoms with Crippen LogP contribution in [0.3, 0.4) is 0 Å². The average molecular weight is 331 g/mol. The molecule has 0 radical (unpaired) electrons. The van der Waals surface area contributed by atoms with Crippen LogP contribution in [0.2, 0.25) is 0 Å². The lowest BCUT2D eigenvalue weighted by Crippen LogP contribution is -2.70. The van der Waals surface area contributed by atoms with Crippen molar-refractivity contribution in [1.29, 1.82) is 0 Å². The summed E-state index contributed by atoms with van der Waals surface area (Å²) in [6.07, 6.45) is -1.30. The van der Waals surface area contributed by atoms with Crippen molar-refractivity contribution in [3.63, 3.8) is 0 Å². The number of fused-ring (bicyclic) bond motifs is 3. The van der Waals surface area contributed by atoms with Gasteiger partial charge in [0.25, 0.3) is 0 Å². The fraction of sp³-hybridized carbons (Fsp3) is 0.611. The first-order valence-corrected chi connectivity index (χ1v) is 8.37. The van der Waals surface area contributed by atoms with Crippen molar-refractivity contribution >= 4 is 5.78 Å². The number of benzene rings is 1. The van der Waals surface area contributed by atoms with Gasteiger partial charge in [0.05, 0.1) is 24.7 Å². The van der Waals surface area contributed by atoms with Gasteiger partial charge in [-0.25, -0.2) is 0 Å². The van der Waals surface area contributed by atoms with Crippen molar-refractivity contribution in [2.24, 2.45) is 0 Å². The van der Waals surface area contributed by atoms with E-state index < -0.39 is 23.2 Å². The van der Waals surface area contributed by atoms with Crippen LogP contribution in [0.1, 0.15) is 24.0 Å². The Kier molecular flexibility index (Phi) is 2.52. The van der Waals surface area contributed by atoms with Crippen LogP contribution in [0.4, 0.5) is 0 Å². The molecule has 0 aromatic heterocycles. The minimum atomic E-state index is -1.38. The monoisotopic (exact) mass is 331 g/mol. The maximum Gasteiger partial charge on any atom is 0.177 e. The molecular weight excluding hydrogens is 310 g/mol. The number of ether oxygens (including phenoxy) is 2. The highest BCUT2D eigenvalue weighted by atomic mass is 16.5. The topological polar surface area (TPSA) is 79.0 Å². The quantitative estimate of drug-likeness (QED) is 0.714. The lowest BCUT2D eigenvalue weighted by Gasteiger charge is -2.50. The fourth-order valence-corrected chi connectivity index (χ4v) is 5.77. The molecule has 7 atom stereocenters. The van der Waals surface area contributed by atoms with E-state index in [1.807, 2.05) is 26.1 Å². The first-order valence-electron chi connectivity index (χ1n) is 8.37. The van der Waals surface area contributed by atoms with Crippen LogP contribution in [0.25, 0.3) is 0 Å². The first kappa shape index (κ1) is 14.7. The molecule has 4 aliphatic rings. The predicted molar refractivity (Wildman–Crippen MR) is 84.4 cm³/mol. The first-order chi connectivity index (χ1) is 11.4. The summed E-state index contributed by atoms with van der Waals surface area (Å²) in [6, 6.07) is 3.78. The van der Waals surface area contributed by atoms with E-state index in [1.54, 1.807) is 7.11 Å². The van der Waals surface area contributed by atoms with Gasteiger partial charge in [-0.15, -0.1) is 0 Å². The van der Waals surface area contributed by atoms with E-state index in [9.17, 15) is 15.0 Å². The molecule has 2 aliphatic heterocycles. The molecule has 1 aromatic rings. The summed E-state index contributed by atoms with van der Waals surface area (Å²) < 4.78 is 11.5. The molecule has 1 aromatic carbocycles. The molecule has 1 spiro atoms. The molecule has 0 bridgehead atoms. The number of carbonyl (C=O) groups is 1. The maximum atomic E-state index is 12.7. The molecule has 128 valence electrons. The molecule has 2 heterocycles. The minimum Gasteiger partial charge on any atom is -0.493 e. The van der Waals surface area contributed by atoms with Gasteiger partial charge in [-0.1, -0.05) is 6.07 Å². The summed E-state index contributed by atoms with van der Waals surface area (Å²) in [7, 11) is 3.52. The van der Waals surface area contributed by atoms with Gasteiger partial charge in [-0.2, -0.15) is 0 Å². The van der Waals surface area contributed by atoms with Crippen LogP contribution in [-0.4, -0.2) is 64.9 Å². The van der Waals surface area contributed by atoms with Crippen LogP contribution in [0, 0.1) is 6.92 Å². The Morgan fingerprint density at radius 2 is 2.17 bits per heavy atom. The summed E-state index contributed by atoms with van der Waals surface area (Å²) in [5.41, 5.74) is -0.482. The molecule has 5 rings (SSSR count). The highest BCUT2D eigenvalue weighted by molar-refractivity contribution is 5.91. The summed E-state index contributed by atoms with van der Waals surface area (Å²) >= 11 is 0. The van der Waals surface area contributed by atoms with E-state index in [-0.39, 0.29) is 24.3 Å². The number of piperidine rings is 1. The van der Waals surface area contributed by atoms with Crippen LogP contribution < -0.4 is 9.47 Å². The molecule has 4 unspecified atom stereocenters. The number of likely N-dealkylation sites (N-methyl/N-ethyl adjacent to an activating group) is 1. The predicted octanol–water partition coefficient (Wildman–Crippen LogP) is 0.154. The number of aryl methyl sites for hydroxylation is 1. The molecule has 3 fully saturated rings. The number of methoxy groups -OCH3 is 1.